The number of primary amides is 1. The highest BCUT2D eigenvalue weighted by molar-refractivity contribution is 5.76. The number of carbonyl (C=O) groups is 1. The lowest BCUT2D eigenvalue weighted by Gasteiger charge is -2.36. The number of carbonyl (C=O) groups excluding carboxylic acids is 1. The van der Waals surface area contributed by atoms with E-state index in [0.717, 1.165) is 18.4 Å². The topological polar surface area (TPSA) is 89.5 Å². The van der Waals surface area contributed by atoms with Gasteiger partial charge in [0.15, 0.2) is 0 Å². The lowest BCUT2D eigenvalue weighted by molar-refractivity contribution is -0.384. The van der Waals surface area contributed by atoms with Crippen LogP contribution < -0.4 is 5.73 Å². The van der Waals surface area contributed by atoms with Crippen molar-refractivity contribution in [2.75, 3.05) is 6.54 Å². The molecule has 2 rings (SSSR count). The van der Waals surface area contributed by atoms with Crippen LogP contribution in [0, 0.1) is 16.0 Å². The summed E-state index contributed by atoms with van der Waals surface area (Å²) in [5, 5.41) is 10.6. The van der Waals surface area contributed by atoms with Crippen molar-refractivity contribution in [3.8, 4) is 0 Å². The zero-order chi connectivity index (χ0) is 14.7. The number of benzene rings is 1. The number of hydrogen-bond donors (Lipinski definition) is 1. The molecular formula is C14H19N3O3. The van der Waals surface area contributed by atoms with Crippen molar-refractivity contribution in [1.82, 2.24) is 4.90 Å². The van der Waals surface area contributed by atoms with Crippen LogP contribution in [0.4, 0.5) is 5.69 Å². The molecule has 0 spiro atoms. The fourth-order valence-corrected chi connectivity index (χ4v) is 2.59. The third kappa shape index (κ3) is 3.33. The Hall–Kier alpha value is -1.95. The van der Waals surface area contributed by atoms with Crippen molar-refractivity contribution in [3.63, 3.8) is 0 Å². The molecule has 0 saturated carbocycles. The molecule has 1 aromatic rings. The maximum atomic E-state index is 11.3. The Bertz CT molecular complexity index is 501. The molecule has 1 aliphatic rings. The monoisotopic (exact) mass is 277 g/mol. The van der Waals surface area contributed by atoms with Gasteiger partial charge in [-0.05, 0) is 25.3 Å². The van der Waals surface area contributed by atoms with E-state index in [4.69, 9.17) is 5.73 Å². The van der Waals surface area contributed by atoms with Crippen LogP contribution in [0.2, 0.25) is 0 Å². The summed E-state index contributed by atoms with van der Waals surface area (Å²) >= 11 is 0. The molecule has 6 nitrogen and oxygen atoms in total. The lowest BCUT2D eigenvalue weighted by atomic mass is 9.92. The van der Waals surface area contributed by atoms with Crippen LogP contribution in [0.5, 0.6) is 0 Å². The summed E-state index contributed by atoms with van der Waals surface area (Å²) in [5.41, 5.74) is 6.48. The highest BCUT2D eigenvalue weighted by Gasteiger charge is 2.28. The fraction of sp³-hybridized carbons (Fsp3) is 0.500. The molecule has 0 aromatic heterocycles. The number of non-ortho nitro benzene ring substituents is 1. The van der Waals surface area contributed by atoms with Gasteiger partial charge in [-0.1, -0.05) is 12.1 Å². The quantitative estimate of drug-likeness (QED) is 0.669. The molecule has 1 aromatic carbocycles. The first-order valence-corrected chi connectivity index (χ1v) is 6.74. The minimum absolute atomic E-state index is 0.0930. The van der Waals surface area contributed by atoms with Crippen molar-refractivity contribution >= 4 is 11.6 Å². The second kappa shape index (κ2) is 6.00. The number of nitro benzene ring substituents is 1. The first kappa shape index (κ1) is 14.5. The van der Waals surface area contributed by atoms with Crippen LogP contribution >= 0.6 is 0 Å². The van der Waals surface area contributed by atoms with Gasteiger partial charge in [0, 0.05) is 31.3 Å². The highest BCUT2D eigenvalue weighted by Crippen LogP contribution is 2.24. The molecular weight excluding hydrogens is 258 g/mol. The van der Waals surface area contributed by atoms with Crippen LogP contribution in [0.1, 0.15) is 25.3 Å². The molecule has 1 heterocycles. The zero-order valence-corrected chi connectivity index (χ0v) is 11.5. The minimum atomic E-state index is -0.406. The van der Waals surface area contributed by atoms with Crippen molar-refractivity contribution in [2.24, 2.45) is 11.7 Å². The Morgan fingerprint density at radius 2 is 2.05 bits per heavy atom. The second-order valence-electron chi connectivity index (χ2n) is 5.38. The maximum Gasteiger partial charge on any atom is 0.269 e. The number of piperidine rings is 1. The summed E-state index contributed by atoms with van der Waals surface area (Å²) in [6.45, 7) is 3.47. The van der Waals surface area contributed by atoms with E-state index in [1.54, 1.807) is 12.1 Å². The molecule has 2 atom stereocenters. The highest BCUT2D eigenvalue weighted by atomic mass is 16.6. The Balaban J connectivity index is 2.03. The number of nitrogens with zero attached hydrogens (tertiary/aromatic N) is 2. The summed E-state index contributed by atoms with van der Waals surface area (Å²) in [4.78, 5) is 23.7. The Labute approximate surface area is 117 Å². The molecule has 0 unspecified atom stereocenters. The second-order valence-corrected chi connectivity index (χ2v) is 5.38. The van der Waals surface area contributed by atoms with Gasteiger partial charge in [-0.3, -0.25) is 19.8 Å². The molecule has 6 heteroatoms. The lowest BCUT2D eigenvalue weighted by Crippen LogP contribution is -2.45. The number of rotatable bonds is 4. The normalized spacial score (nSPS) is 23.4. The van der Waals surface area contributed by atoms with Gasteiger partial charge in [-0.15, -0.1) is 0 Å². The molecule has 1 amide bonds. The van der Waals surface area contributed by atoms with Gasteiger partial charge in [-0.25, -0.2) is 0 Å². The van der Waals surface area contributed by atoms with Crippen LogP contribution in [0.15, 0.2) is 24.3 Å². The van der Waals surface area contributed by atoms with E-state index in [-0.39, 0.29) is 17.5 Å². The Kier molecular flexibility index (Phi) is 4.34. The first-order chi connectivity index (χ1) is 9.47. The number of amides is 1. The molecule has 1 aliphatic heterocycles. The van der Waals surface area contributed by atoms with Crippen LogP contribution in [-0.2, 0) is 11.3 Å². The summed E-state index contributed by atoms with van der Waals surface area (Å²) in [6.07, 6.45) is 1.79. The summed E-state index contributed by atoms with van der Waals surface area (Å²) < 4.78 is 0. The van der Waals surface area contributed by atoms with Gasteiger partial charge >= 0.3 is 0 Å². The Morgan fingerprint density at radius 1 is 1.40 bits per heavy atom. The van der Waals surface area contributed by atoms with Crippen molar-refractivity contribution in [2.45, 2.75) is 32.4 Å². The van der Waals surface area contributed by atoms with Gasteiger partial charge in [-0.2, -0.15) is 0 Å². The van der Waals surface area contributed by atoms with Crippen LogP contribution in [-0.4, -0.2) is 28.3 Å². The van der Waals surface area contributed by atoms with E-state index in [1.165, 1.54) is 12.1 Å². The molecule has 1 saturated heterocycles. The number of nitro groups is 1. The van der Waals surface area contributed by atoms with E-state index < -0.39 is 4.92 Å². The molecule has 20 heavy (non-hydrogen) atoms. The molecule has 1 fully saturated rings. The van der Waals surface area contributed by atoms with Gasteiger partial charge in [0.2, 0.25) is 5.91 Å². The molecule has 0 radical (unpaired) electrons. The van der Waals surface area contributed by atoms with Crippen LogP contribution in [0.25, 0.3) is 0 Å². The molecule has 0 bridgehead atoms. The molecule has 108 valence electrons. The average Bonchev–Trinajstić information content (AvgIpc) is 2.41. The minimum Gasteiger partial charge on any atom is -0.369 e. The zero-order valence-electron chi connectivity index (χ0n) is 11.5. The van der Waals surface area contributed by atoms with Crippen molar-refractivity contribution in [3.05, 3.63) is 39.9 Å². The maximum absolute atomic E-state index is 11.3. The van der Waals surface area contributed by atoms with E-state index in [2.05, 4.69) is 11.8 Å². The van der Waals surface area contributed by atoms with Crippen LogP contribution in [0.3, 0.4) is 0 Å². The number of hydrogen-bond acceptors (Lipinski definition) is 4. The molecule has 0 aliphatic carbocycles. The van der Waals surface area contributed by atoms with E-state index in [9.17, 15) is 14.9 Å². The number of likely N-dealkylation sites (tertiary alicyclic amines) is 1. The first-order valence-electron chi connectivity index (χ1n) is 6.74. The predicted molar refractivity (Wildman–Crippen MR) is 74.9 cm³/mol. The van der Waals surface area contributed by atoms with Gasteiger partial charge in [0.1, 0.15) is 0 Å². The largest absolute Gasteiger partial charge is 0.369 e. The van der Waals surface area contributed by atoms with Crippen molar-refractivity contribution in [1.29, 1.82) is 0 Å². The summed E-state index contributed by atoms with van der Waals surface area (Å²) in [6, 6.07) is 6.93. The SMILES string of the molecule is C[C@@H]1CC[C@H](C(N)=O)CN1Cc1ccc([N+](=O)[O-])cc1. The van der Waals surface area contributed by atoms with Gasteiger partial charge in [0.25, 0.3) is 5.69 Å². The number of nitrogens with two attached hydrogens (primary N) is 1. The third-order valence-corrected chi connectivity index (χ3v) is 3.95. The fourth-order valence-electron chi connectivity index (χ4n) is 2.59. The van der Waals surface area contributed by atoms with Gasteiger partial charge < -0.3 is 5.73 Å². The standard InChI is InChI=1S/C14H19N3O3/c1-10-2-5-12(14(15)18)9-16(10)8-11-3-6-13(7-4-11)17(19)20/h3-4,6-7,10,12H,2,5,8-9H2,1H3,(H2,15,18)/t10-,12+/m1/s1. The third-order valence-electron chi connectivity index (χ3n) is 3.95. The van der Waals surface area contributed by atoms with Crippen molar-refractivity contribution < 1.29 is 9.72 Å². The van der Waals surface area contributed by atoms with Gasteiger partial charge in [0.05, 0.1) is 10.8 Å². The summed E-state index contributed by atoms with van der Waals surface area (Å²) in [5.74, 6) is -0.338. The predicted octanol–water partition coefficient (Wildman–Crippen LogP) is 1.68. The average molecular weight is 277 g/mol. The smallest absolute Gasteiger partial charge is 0.269 e. The van der Waals surface area contributed by atoms with E-state index >= 15 is 0 Å². The van der Waals surface area contributed by atoms with E-state index in [0.29, 0.717) is 19.1 Å². The van der Waals surface area contributed by atoms with E-state index in [1.807, 2.05) is 0 Å². The molecule has 2 N–H and O–H groups in total. The summed E-state index contributed by atoms with van der Waals surface area (Å²) in [7, 11) is 0. The Morgan fingerprint density at radius 3 is 2.60 bits per heavy atom.